The number of benzene rings is 2. The molecular weight excluding hydrogens is 416 g/mol. The fraction of sp³-hybridized carbons (Fsp3) is 0.182. The van der Waals surface area contributed by atoms with Crippen LogP contribution in [0.2, 0.25) is 0 Å². The quantitative estimate of drug-likeness (QED) is 0.523. The highest BCUT2D eigenvalue weighted by molar-refractivity contribution is 7.89. The Kier molecular flexibility index (Phi) is 6.67. The molecule has 30 heavy (non-hydrogen) atoms. The van der Waals surface area contributed by atoms with Crippen molar-refractivity contribution in [3.05, 3.63) is 70.7 Å². The summed E-state index contributed by atoms with van der Waals surface area (Å²) in [7, 11) is -3.73. The van der Waals surface area contributed by atoms with Crippen LogP contribution in [0.5, 0.6) is 0 Å². The van der Waals surface area contributed by atoms with Crippen molar-refractivity contribution in [2.24, 2.45) is 11.1 Å². The lowest BCUT2D eigenvalue weighted by Gasteiger charge is -2.05. The van der Waals surface area contributed by atoms with Gasteiger partial charge in [0.05, 0.1) is 10.6 Å². The van der Waals surface area contributed by atoms with Gasteiger partial charge in [-0.1, -0.05) is 38.1 Å². The van der Waals surface area contributed by atoms with Crippen molar-refractivity contribution >= 4 is 32.6 Å². The van der Waals surface area contributed by atoms with Crippen LogP contribution in [0, 0.1) is 17.2 Å². The summed E-state index contributed by atoms with van der Waals surface area (Å²) in [6.45, 7) is 4.39. The van der Waals surface area contributed by atoms with Crippen molar-refractivity contribution in [2.75, 3.05) is 5.32 Å². The van der Waals surface area contributed by atoms with Crippen LogP contribution in [0.3, 0.4) is 0 Å². The van der Waals surface area contributed by atoms with Crippen molar-refractivity contribution in [2.45, 2.75) is 25.2 Å². The number of hydrogen-bond donors (Lipinski definition) is 2. The van der Waals surface area contributed by atoms with Gasteiger partial charge in [0, 0.05) is 22.8 Å². The molecule has 0 fully saturated rings. The minimum atomic E-state index is -3.73. The SMILES string of the molecule is CC(C)Cc1ccc(-c2csc(/C(C#N)=C/Nc3ccc(S(N)(=O)=O)cc3)n2)cc1. The second kappa shape index (κ2) is 9.22. The van der Waals surface area contributed by atoms with Gasteiger partial charge in [0.2, 0.25) is 10.0 Å². The zero-order valence-corrected chi connectivity index (χ0v) is 18.3. The lowest BCUT2D eigenvalue weighted by atomic mass is 10.0. The smallest absolute Gasteiger partial charge is 0.238 e. The van der Waals surface area contributed by atoms with Gasteiger partial charge < -0.3 is 5.32 Å². The molecule has 1 heterocycles. The lowest BCUT2D eigenvalue weighted by molar-refractivity contribution is 0.598. The molecule has 0 atom stereocenters. The number of nitrogens with one attached hydrogen (secondary N) is 1. The molecule has 3 rings (SSSR count). The second-order valence-electron chi connectivity index (χ2n) is 7.22. The maximum Gasteiger partial charge on any atom is 0.238 e. The topological polar surface area (TPSA) is 109 Å². The van der Waals surface area contributed by atoms with Gasteiger partial charge in [-0.05, 0) is 42.2 Å². The van der Waals surface area contributed by atoms with Gasteiger partial charge in [-0.25, -0.2) is 18.5 Å². The van der Waals surface area contributed by atoms with E-state index in [0.29, 0.717) is 22.2 Å². The summed E-state index contributed by atoms with van der Waals surface area (Å²) in [6, 6.07) is 16.5. The number of allylic oxidation sites excluding steroid dienone is 1. The third kappa shape index (κ3) is 5.54. The molecule has 8 heteroatoms. The van der Waals surface area contributed by atoms with Crippen LogP contribution in [0.4, 0.5) is 5.69 Å². The Hall–Kier alpha value is -2.99. The highest BCUT2D eigenvalue weighted by atomic mass is 32.2. The molecule has 0 amide bonds. The van der Waals surface area contributed by atoms with E-state index in [2.05, 4.69) is 54.5 Å². The van der Waals surface area contributed by atoms with E-state index in [9.17, 15) is 13.7 Å². The molecule has 6 nitrogen and oxygen atoms in total. The zero-order valence-electron chi connectivity index (χ0n) is 16.7. The van der Waals surface area contributed by atoms with Gasteiger partial charge >= 0.3 is 0 Å². The number of nitrogens with two attached hydrogens (primary N) is 1. The minimum Gasteiger partial charge on any atom is -0.360 e. The number of rotatable bonds is 7. The van der Waals surface area contributed by atoms with E-state index in [1.165, 1.54) is 29.0 Å². The molecule has 1 aromatic heterocycles. The van der Waals surface area contributed by atoms with E-state index < -0.39 is 10.0 Å². The number of primary sulfonamides is 1. The van der Waals surface area contributed by atoms with Crippen LogP contribution in [-0.4, -0.2) is 13.4 Å². The predicted octanol–water partition coefficient (Wildman–Crippen LogP) is 4.63. The Balaban J connectivity index is 1.75. The van der Waals surface area contributed by atoms with Gasteiger partial charge in [0.25, 0.3) is 0 Å². The molecule has 3 aromatic rings. The molecule has 2 aromatic carbocycles. The maximum atomic E-state index is 11.3. The number of nitrogens with zero attached hydrogens (tertiary/aromatic N) is 2. The number of anilines is 1. The Morgan fingerprint density at radius 2 is 1.87 bits per heavy atom. The Bertz CT molecular complexity index is 1190. The Labute approximate surface area is 180 Å². The summed E-state index contributed by atoms with van der Waals surface area (Å²) < 4.78 is 22.6. The molecule has 0 aliphatic heterocycles. The van der Waals surface area contributed by atoms with Gasteiger partial charge in [0.1, 0.15) is 16.6 Å². The third-order valence-corrected chi connectivity index (χ3v) is 6.12. The van der Waals surface area contributed by atoms with E-state index >= 15 is 0 Å². The molecule has 0 aliphatic carbocycles. The summed E-state index contributed by atoms with van der Waals surface area (Å²) >= 11 is 1.40. The summed E-state index contributed by atoms with van der Waals surface area (Å²) in [6.07, 6.45) is 2.59. The molecule has 0 spiro atoms. The molecular formula is C22H22N4O2S2. The monoisotopic (exact) mass is 438 g/mol. The number of hydrogen-bond acceptors (Lipinski definition) is 6. The normalized spacial score (nSPS) is 12.0. The summed E-state index contributed by atoms with van der Waals surface area (Å²) in [5.41, 5.74) is 4.14. The van der Waals surface area contributed by atoms with Crippen molar-refractivity contribution < 1.29 is 8.42 Å². The first-order valence-electron chi connectivity index (χ1n) is 9.31. The van der Waals surface area contributed by atoms with Gasteiger partial charge in [-0.15, -0.1) is 11.3 Å². The first-order chi connectivity index (χ1) is 14.3. The van der Waals surface area contributed by atoms with E-state index in [0.717, 1.165) is 17.7 Å². The predicted molar refractivity (Wildman–Crippen MR) is 121 cm³/mol. The maximum absolute atomic E-state index is 11.3. The summed E-state index contributed by atoms with van der Waals surface area (Å²) in [4.78, 5) is 4.62. The number of thiazole rings is 1. The number of sulfonamides is 1. The summed E-state index contributed by atoms with van der Waals surface area (Å²) in [5, 5.41) is 20.1. The van der Waals surface area contributed by atoms with Crippen molar-refractivity contribution in [1.29, 1.82) is 5.26 Å². The largest absolute Gasteiger partial charge is 0.360 e. The van der Waals surface area contributed by atoms with Crippen molar-refractivity contribution in [3.63, 3.8) is 0 Å². The highest BCUT2D eigenvalue weighted by Gasteiger charge is 2.10. The molecule has 0 bridgehead atoms. The summed E-state index contributed by atoms with van der Waals surface area (Å²) in [5.74, 6) is 0.605. The van der Waals surface area contributed by atoms with Crippen LogP contribution in [0.1, 0.15) is 24.4 Å². The van der Waals surface area contributed by atoms with Crippen LogP contribution in [0.15, 0.2) is 65.0 Å². The fourth-order valence-electron chi connectivity index (χ4n) is 2.85. The number of aromatic nitrogens is 1. The first kappa shape index (κ1) is 21.7. The van der Waals surface area contributed by atoms with E-state index in [1.807, 2.05) is 5.38 Å². The number of nitriles is 1. The third-order valence-electron chi connectivity index (χ3n) is 4.31. The standard InChI is InChI=1S/C22H22N4O2S2/c1-15(2)11-16-3-5-17(6-4-16)21-14-29-22(26-21)18(12-23)13-25-19-7-9-20(10-8-19)30(24,27)28/h3-10,13-15,25H,11H2,1-2H3,(H2,24,27,28)/b18-13+. The average molecular weight is 439 g/mol. The van der Waals surface area contributed by atoms with E-state index in [4.69, 9.17) is 5.14 Å². The van der Waals surface area contributed by atoms with Crippen molar-refractivity contribution in [3.8, 4) is 17.3 Å². The molecule has 0 radical (unpaired) electrons. The second-order valence-corrected chi connectivity index (χ2v) is 9.64. The molecule has 0 unspecified atom stereocenters. The van der Waals surface area contributed by atoms with E-state index in [1.54, 1.807) is 18.3 Å². The highest BCUT2D eigenvalue weighted by Crippen LogP contribution is 2.27. The van der Waals surface area contributed by atoms with E-state index in [-0.39, 0.29) is 4.90 Å². The molecule has 154 valence electrons. The van der Waals surface area contributed by atoms with Crippen LogP contribution in [0.25, 0.3) is 16.8 Å². The van der Waals surface area contributed by atoms with Gasteiger partial charge in [-0.3, -0.25) is 0 Å². The van der Waals surface area contributed by atoms with Gasteiger partial charge in [-0.2, -0.15) is 5.26 Å². The molecule has 0 aliphatic rings. The van der Waals surface area contributed by atoms with Gasteiger partial charge in [0.15, 0.2) is 0 Å². The van der Waals surface area contributed by atoms with Crippen molar-refractivity contribution in [1.82, 2.24) is 4.98 Å². The minimum absolute atomic E-state index is 0.0292. The molecule has 3 N–H and O–H groups in total. The molecule has 0 saturated heterocycles. The molecule has 0 saturated carbocycles. The Morgan fingerprint density at radius 1 is 1.20 bits per heavy atom. The lowest BCUT2D eigenvalue weighted by Crippen LogP contribution is -2.11. The first-order valence-corrected chi connectivity index (χ1v) is 11.7. The van der Waals surface area contributed by atoms with Crippen LogP contribution in [-0.2, 0) is 16.4 Å². The average Bonchev–Trinajstić information content (AvgIpc) is 3.18. The zero-order chi connectivity index (χ0) is 21.7. The van der Waals surface area contributed by atoms with Crippen LogP contribution < -0.4 is 10.5 Å². The van der Waals surface area contributed by atoms with Crippen LogP contribution >= 0.6 is 11.3 Å². The Morgan fingerprint density at radius 3 is 2.43 bits per heavy atom. The fourth-order valence-corrected chi connectivity index (χ4v) is 4.16.